The molecule has 3 rings (SSSR count). The summed E-state index contributed by atoms with van der Waals surface area (Å²) in [5.74, 6) is 0.563. The van der Waals surface area contributed by atoms with Gasteiger partial charge in [0.15, 0.2) is 0 Å². The van der Waals surface area contributed by atoms with Crippen LogP contribution in [0.2, 0.25) is 0 Å². The van der Waals surface area contributed by atoms with E-state index in [2.05, 4.69) is 10.8 Å². The van der Waals surface area contributed by atoms with E-state index in [-0.39, 0.29) is 18.0 Å². The van der Waals surface area contributed by atoms with Gasteiger partial charge in [-0.3, -0.25) is 9.63 Å². The second-order valence-corrected chi connectivity index (χ2v) is 6.22. The third-order valence-corrected chi connectivity index (χ3v) is 4.31. The highest BCUT2D eigenvalue weighted by Gasteiger charge is 2.35. The fraction of sp³-hybridized carbons (Fsp3) is 0.529. The first kappa shape index (κ1) is 15.8. The molecule has 1 heterocycles. The number of likely N-dealkylation sites (tertiary alicyclic amines) is 1. The van der Waals surface area contributed by atoms with Gasteiger partial charge in [0.25, 0.3) is 0 Å². The molecule has 2 aliphatic rings. The molecule has 124 valence electrons. The highest BCUT2D eigenvalue weighted by molar-refractivity contribution is 5.81. The van der Waals surface area contributed by atoms with Crippen molar-refractivity contribution in [3.8, 4) is 0 Å². The van der Waals surface area contributed by atoms with E-state index in [0.717, 1.165) is 44.3 Å². The number of hydroxylamine groups is 1. The van der Waals surface area contributed by atoms with Crippen LogP contribution in [0, 0.1) is 5.92 Å². The zero-order valence-corrected chi connectivity index (χ0v) is 13.2. The van der Waals surface area contributed by atoms with E-state index >= 15 is 0 Å². The Hall–Kier alpha value is -2.08. The molecule has 1 saturated heterocycles. The largest absolute Gasteiger partial charge is 0.342 e. The van der Waals surface area contributed by atoms with E-state index < -0.39 is 0 Å². The summed E-state index contributed by atoms with van der Waals surface area (Å²) in [6.45, 7) is 1.79. The van der Waals surface area contributed by atoms with Gasteiger partial charge < -0.3 is 10.2 Å². The zero-order chi connectivity index (χ0) is 16.1. The predicted molar refractivity (Wildman–Crippen MR) is 85.2 cm³/mol. The molecule has 1 aromatic carbocycles. The Morgan fingerprint density at radius 1 is 1.09 bits per heavy atom. The molecule has 3 amide bonds. The van der Waals surface area contributed by atoms with E-state index in [1.165, 1.54) is 0 Å². The zero-order valence-electron chi connectivity index (χ0n) is 13.2. The third-order valence-electron chi connectivity index (χ3n) is 4.31. The molecular formula is C17H23N3O3. The van der Waals surface area contributed by atoms with Crippen LogP contribution in [0.5, 0.6) is 0 Å². The van der Waals surface area contributed by atoms with Gasteiger partial charge in [0, 0.05) is 25.0 Å². The first-order valence-electron chi connectivity index (χ1n) is 8.23. The molecule has 0 spiro atoms. The van der Waals surface area contributed by atoms with Gasteiger partial charge in [0.05, 0.1) is 6.61 Å². The topological polar surface area (TPSA) is 70.7 Å². The van der Waals surface area contributed by atoms with Crippen LogP contribution in [0.25, 0.3) is 0 Å². The van der Waals surface area contributed by atoms with Crippen LogP contribution in [0.1, 0.15) is 31.2 Å². The molecule has 6 heteroatoms. The van der Waals surface area contributed by atoms with E-state index in [1.54, 1.807) is 0 Å². The fourth-order valence-corrected chi connectivity index (χ4v) is 2.81. The summed E-state index contributed by atoms with van der Waals surface area (Å²) in [5, 5.41) is 2.90. The van der Waals surface area contributed by atoms with Gasteiger partial charge in [-0.15, -0.1) is 0 Å². The van der Waals surface area contributed by atoms with Crippen molar-refractivity contribution in [3.05, 3.63) is 35.9 Å². The molecule has 0 aromatic heterocycles. The van der Waals surface area contributed by atoms with Gasteiger partial charge in [-0.2, -0.15) is 0 Å². The molecule has 2 fully saturated rings. The minimum Gasteiger partial charge on any atom is -0.342 e. The number of urea groups is 1. The summed E-state index contributed by atoms with van der Waals surface area (Å²) in [6, 6.07) is 9.43. The van der Waals surface area contributed by atoms with Crippen LogP contribution in [0.3, 0.4) is 0 Å². The van der Waals surface area contributed by atoms with Crippen molar-refractivity contribution in [2.24, 2.45) is 5.92 Å². The summed E-state index contributed by atoms with van der Waals surface area (Å²) in [6.07, 6.45) is 3.67. The molecule has 6 nitrogen and oxygen atoms in total. The number of nitrogens with zero attached hydrogens (tertiary/aromatic N) is 1. The van der Waals surface area contributed by atoms with Gasteiger partial charge in [-0.05, 0) is 31.2 Å². The summed E-state index contributed by atoms with van der Waals surface area (Å²) in [7, 11) is 0. The van der Waals surface area contributed by atoms with Crippen molar-refractivity contribution < 1.29 is 14.4 Å². The van der Waals surface area contributed by atoms with Crippen LogP contribution < -0.4 is 10.8 Å². The summed E-state index contributed by atoms with van der Waals surface area (Å²) in [4.78, 5) is 30.9. The fourth-order valence-electron chi connectivity index (χ4n) is 2.81. The molecular weight excluding hydrogens is 294 g/mol. The number of hydrogen-bond acceptors (Lipinski definition) is 3. The minimum absolute atomic E-state index is 0.0959. The minimum atomic E-state index is -0.326. The lowest BCUT2D eigenvalue weighted by Gasteiger charge is -2.32. The third kappa shape index (κ3) is 4.69. The predicted octanol–water partition coefficient (Wildman–Crippen LogP) is 1.82. The van der Waals surface area contributed by atoms with Crippen LogP contribution in [-0.4, -0.2) is 36.0 Å². The number of rotatable bonds is 5. The molecule has 23 heavy (non-hydrogen) atoms. The van der Waals surface area contributed by atoms with Gasteiger partial charge >= 0.3 is 6.03 Å². The number of carbonyl (C=O) groups is 2. The monoisotopic (exact) mass is 317 g/mol. The normalized spacial score (nSPS) is 18.5. The Morgan fingerprint density at radius 2 is 1.78 bits per heavy atom. The van der Waals surface area contributed by atoms with Crippen molar-refractivity contribution in [1.82, 2.24) is 15.7 Å². The van der Waals surface area contributed by atoms with E-state index in [9.17, 15) is 9.59 Å². The van der Waals surface area contributed by atoms with E-state index in [0.29, 0.717) is 12.5 Å². The van der Waals surface area contributed by atoms with Crippen LogP contribution in [0.15, 0.2) is 30.3 Å². The van der Waals surface area contributed by atoms with E-state index in [4.69, 9.17) is 4.84 Å². The first-order valence-corrected chi connectivity index (χ1v) is 8.23. The maximum atomic E-state index is 12.0. The molecule has 2 N–H and O–H groups in total. The molecule has 0 radical (unpaired) electrons. The number of amides is 3. The Balaban J connectivity index is 1.32. The standard InChI is InChI=1S/C17H23N3O3/c21-16(14-6-7-14)20-10-8-15(9-11-20)18-17(22)19-23-12-13-4-2-1-3-5-13/h1-5,14-15H,6-12H2,(H2,18,19,22). The van der Waals surface area contributed by atoms with Crippen LogP contribution >= 0.6 is 0 Å². The summed E-state index contributed by atoms with van der Waals surface area (Å²) in [5.41, 5.74) is 3.41. The number of nitrogens with one attached hydrogen (secondary N) is 2. The molecule has 1 aliphatic carbocycles. The highest BCUT2D eigenvalue weighted by atomic mass is 16.7. The molecule has 0 atom stereocenters. The second-order valence-electron chi connectivity index (χ2n) is 6.22. The molecule has 0 bridgehead atoms. The van der Waals surface area contributed by atoms with Gasteiger partial charge in [0.2, 0.25) is 5.91 Å². The van der Waals surface area contributed by atoms with Crippen molar-refractivity contribution >= 4 is 11.9 Å². The highest BCUT2D eigenvalue weighted by Crippen LogP contribution is 2.31. The molecule has 1 aliphatic heterocycles. The van der Waals surface area contributed by atoms with Gasteiger partial charge in [-0.25, -0.2) is 10.3 Å². The van der Waals surface area contributed by atoms with Crippen molar-refractivity contribution in [3.63, 3.8) is 0 Å². The lowest BCUT2D eigenvalue weighted by atomic mass is 10.0. The average molecular weight is 317 g/mol. The Labute approximate surface area is 136 Å². The molecule has 1 saturated carbocycles. The van der Waals surface area contributed by atoms with Gasteiger partial charge in [0.1, 0.15) is 0 Å². The SMILES string of the molecule is O=C(NOCc1ccccc1)NC1CCN(C(=O)C2CC2)CC1. The van der Waals surface area contributed by atoms with E-state index in [1.807, 2.05) is 35.2 Å². The Kier molecular flexibility index (Phi) is 5.12. The van der Waals surface area contributed by atoms with Gasteiger partial charge in [-0.1, -0.05) is 30.3 Å². The average Bonchev–Trinajstić information content (AvgIpc) is 3.41. The number of carbonyl (C=O) groups excluding carboxylic acids is 2. The number of piperidine rings is 1. The molecule has 0 unspecified atom stereocenters. The first-order chi connectivity index (χ1) is 11.2. The van der Waals surface area contributed by atoms with Crippen molar-refractivity contribution in [1.29, 1.82) is 0 Å². The van der Waals surface area contributed by atoms with Crippen LogP contribution in [0.4, 0.5) is 4.79 Å². The second kappa shape index (κ2) is 7.46. The summed E-state index contributed by atoms with van der Waals surface area (Å²) >= 11 is 0. The Bertz CT molecular complexity index is 537. The molecule has 1 aromatic rings. The smallest absolute Gasteiger partial charge is 0.338 e. The maximum Gasteiger partial charge on any atom is 0.338 e. The van der Waals surface area contributed by atoms with Crippen LogP contribution in [-0.2, 0) is 16.2 Å². The Morgan fingerprint density at radius 3 is 2.43 bits per heavy atom. The quantitative estimate of drug-likeness (QED) is 0.814. The summed E-state index contributed by atoms with van der Waals surface area (Å²) < 4.78 is 0. The lowest BCUT2D eigenvalue weighted by Crippen LogP contribution is -2.49. The number of hydrogen-bond donors (Lipinski definition) is 2. The van der Waals surface area contributed by atoms with Crippen molar-refractivity contribution in [2.75, 3.05) is 13.1 Å². The number of benzene rings is 1. The maximum absolute atomic E-state index is 12.0. The van der Waals surface area contributed by atoms with Crippen molar-refractivity contribution in [2.45, 2.75) is 38.3 Å². The lowest BCUT2D eigenvalue weighted by molar-refractivity contribution is -0.133.